The van der Waals surface area contributed by atoms with E-state index in [1.807, 2.05) is 37.3 Å². The van der Waals surface area contributed by atoms with Gasteiger partial charge in [-0.1, -0.05) is 43.3 Å². The van der Waals surface area contributed by atoms with Crippen LogP contribution >= 0.6 is 0 Å². The van der Waals surface area contributed by atoms with Crippen LogP contribution in [0.4, 0.5) is 0 Å². The number of benzene rings is 1. The minimum atomic E-state index is -0.574. The molecule has 0 heterocycles. The van der Waals surface area contributed by atoms with E-state index in [-0.39, 0.29) is 25.7 Å². The molecule has 0 aliphatic heterocycles. The lowest BCUT2D eigenvalue weighted by Crippen LogP contribution is -2.35. The van der Waals surface area contributed by atoms with E-state index in [0.717, 1.165) is 12.0 Å². The molecule has 0 saturated heterocycles. The van der Waals surface area contributed by atoms with E-state index in [0.29, 0.717) is 13.0 Å². The van der Waals surface area contributed by atoms with Gasteiger partial charge in [0.25, 0.3) is 0 Å². The molecular formula is C18H25NO4. The van der Waals surface area contributed by atoms with Gasteiger partial charge >= 0.3 is 5.97 Å². The number of ether oxygens (including phenoxy) is 1. The second kappa shape index (κ2) is 10.6. The van der Waals surface area contributed by atoms with Gasteiger partial charge in [-0.05, 0) is 18.4 Å². The Kier molecular flexibility index (Phi) is 8.68. The number of aliphatic hydroxyl groups is 1. The van der Waals surface area contributed by atoms with Gasteiger partial charge in [0, 0.05) is 13.0 Å². The van der Waals surface area contributed by atoms with E-state index < -0.39 is 11.9 Å². The number of aliphatic hydroxyl groups excluding tert-OH is 1. The van der Waals surface area contributed by atoms with Crippen LogP contribution < -0.4 is 0 Å². The van der Waals surface area contributed by atoms with Crippen molar-refractivity contribution in [1.82, 2.24) is 4.90 Å². The number of hydrogen-bond donors (Lipinski definition) is 1. The van der Waals surface area contributed by atoms with Gasteiger partial charge in [-0.2, -0.15) is 0 Å². The molecule has 1 rings (SSSR count). The van der Waals surface area contributed by atoms with E-state index in [4.69, 9.17) is 4.74 Å². The Morgan fingerprint density at radius 2 is 2.04 bits per heavy atom. The molecule has 0 aliphatic rings. The van der Waals surface area contributed by atoms with Crippen LogP contribution in [0, 0.1) is 5.92 Å². The predicted molar refractivity (Wildman–Crippen MR) is 88.2 cm³/mol. The molecule has 0 fully saturated rings. The Labute approximate surface area is 137 Å². The number of rotatable bonds is 10. The van der Waals surface area contributed by atoms with Crippen molar-refractivity contribution in [2.45, 2.75) is 32.8 Å². The first-order valence-electron chi connectivity index (χ1n) is 7.82. The lowest BCUT2D eigenvalue weighted by atomic mass is 10.0. The molecule has 1 amide bonds. The van der Waals surface area contributed by atoms with Crippen LogP contribution in [0.5, 0.6) is 0 Å². The summed E-state index contributed by atoms with van der Waals surface area (Å²) in [6.07, 6.45) is 2.73. The summed E-state index contributed by atoms with van der Waals surface area (Å²) in [5.74, 6) is -1.25. The number of carbonyl (C=O) groups excluding carboxylic acids is 2. The SMILES string of the molecule is C=CCC(CC(=O)N(CO)CCC)C(=O)OCc1ccccc1. The van der Waals surface area contributed by atoms with Gasteiger partial charge in [-0.25, -0.2) is 0 Å². The predicted octanol–water partition coefficient (Wildman–Crippen LogP) is 2.50. The monoisotopic (exact) mass is 319 g/mol. The fraction of sp³-hybridized carbons (Fsp3) is 0.444. The van der Waals surface area contributed by atoms with Gasteiger partial charge in [0.1, 0.15) is 13.3 Å². The lowest BCUT2D eigenvalue weighted by Gasteiger charge is -2.21. The zero-order chi connectivity index (χ0) is 17.1. The summed E-state index contributed by atoms with van der Waals surface area (Å²) in [6.45, 7) is 5.86. The van der Waals surface area contributed by atoms with Crippen molar-refractivity contribution in [2.75, 3.05) is 13.3 Å². The Morgan fingerprint density at radius 3 is 2.61 bits per heavy atom. The average molecular weight is 319 g/mol. The second-order valence-electron chi connectivity index (χ2n) is 5.32. The van der Waals surface area contributed by atoms with Gasteiger partial charge in [-0.3, -0.25) is 9.59 Å². The van der Waals surface area contributed by atoms with E-state index in [9.17, 15) is 14.7 Å². The summed E-state index contributed by atoms with van der Waals surface area (Å²) < 4.78 is 5.30. The van der Waals surface area contributed by atoms with E-state index in [1.54, 1.807) is 6.08 Å². The van der Waals surface area contributed by atoms with Crippen LogP contribution in [-0.2, 0) is 20.9 Å². The zero-order valence-electron chi connectivity index (χ0n) is 13.6. The molecule has 1 aromatic rings. The molecule has 5 heteroatoms. The maximum atomic E-state index is 12.2. The third-order valence-corrected chi connectivity index (χ3v) is 3.45. The molecule has 1 N–H and O–H groups in total. The van der Waals surface area contributed by atoms with Crippen LogP contribution in [0.3, 0.4) is 0 Å². The molecule has 0 aromatic heterocycles. The fourth-order valence-electron chi connectivity index (χ4n) is 2.19. The van der Waals surface area contributed by atoms with Crippen molar-refractivity contribution in [2.24, 2.45) is 5.92 Å². The molecule has 0 saturated carbocycles. The molecule has 0 radical (unpaired) electrons. The van der Waals surface area contributed by atoms with Crippen molar-refractivity contribution in [1.29, 1.82) is 0 Å². The molecule has 0 bridgehead atoms. The second-order valence-corrected chi connectivity index (χ2v) is 5.32. The third-order valence-electron chi connectivity index (χ3n) is 3.45. The standard InChI is InChI=1S/C18H25NO4/c1-3-8-16(12-17(21)19(14-20)11-4-2)18(22)23-13-15-9-6-5-7-10-15/h3,5-7,9-10,16,20H,1,4,8,11-14H2,2H3. The molecule has 126 valence electrons. The maximum Gasteiger partial charge on any atom is 0.310 e. The van der Waals surface area contributed by atoms with Gasteiger partial charge in [0.2, 0.25) is 5.91 Å². The number of allylic oxidation sites excluding steroid dienone is 1. The first kappa shape index (κ1) is 18.9. The highest BCUT2D eigenvalue weighted by atomic mass is 16.5. The van der Waals surface area contributed by atoms with E-state index in [1.165, 1.54) is 4.90 Å². The lowest BCUT2D eigenvalue weighted by molar-refractivity contribution is -0.153. The zero-order valence-corrected chi connectivity index (χ0v) is 13.6. The van der Waals surface area contributed by atoms with Crippen molar-refractivity contribution in [3.05, 3.63) is 48.6 Å². The molecule has 5 nitrogen and oxygen atoms in total. The molecule has 23 heavy (non-hydrogen) atoms. The fourth-order valence-corrected chi connectivity index (χ4v) is 2.19. The highest BCUT2D eigenvalue weighted by Crippen LogP contribution is 2.15. The molecule has 1 unspecified atom stereocenters. The van der Waals surface area contributed by atoms with Crippen molar-refractivity contribution in [3.8, 4) is 0 Å². The van der Waals surface area contributed by atoms with Gasteiger partial charge < -0.3 is 14.7 Å². The Balaban J connectivity index is 2.60. The number of esters is 1. The molecular weight excluding hydrogens is 294 g/mol. The first-order chi connectivity index (χ1) is 11.1. The molecule has 1 aromatic carbocycles. The Hall–Kier alpha value is -2.14. The smallest absolute Gasteiger partial charge is 0.310 e. The van der Waals surface area contributed by atoms with Gasteiger partial charge in [0.05, 0.1) is 5.92 Å². The van der Waals surface area contributed by atoms with Crippen molar-refractivity contribution >= 4 is 11.9 Å². The number of carbonyl (C=O) groups is 2. The van der Waals surface area contributed by atoms with Crippen LogP contribution in [-0.4, -0.2) is 35.2 Å². The minimum Gasteiger partial charge on any atom is -0.461 e. The number of amides is 1. The van der Waals surface area contributed by atoms with Gasteiger partial charge in [0.15, 0.2) is 0 Å². The normalized spacial score (nSPS) is 11.6. The summed E-state index contributed by atoms with van der Waals surface area (Å²) in [5.41, 5.74) is 0.896. The highest BCUT2D eigenvalue weighted by molar-refractivity contribution is 5.83. The van der Waals surface area contributed by atoms with E-state index >= 15 is 0 Å². The maximum absolute atomic E-state index is 12.2. The summed E-state index contributed by atoms with van der Waals surface area (Å²) in [6, 6.07) is 9.38. The third kappa shape index (κ3) is 6.65. The van der Waals surface area contributed by atoms with Crippen LogP contribution in [0.15, 0.2) is 43.0 Å². The number of hydrogen-bond acceptors (Lipinski definition) is 4. The topological polar surface area (TPSA) is 66.8 Å². The quantitative estimate of drug-likeness (QED) is 0.409. The largest absolute Gasteiger partial charge is 0.461 e. The highest BCUT2D eigenvalue weighted by Gasteiger charge is 2.24. The minimum absolute atomic E-state index is 0.0141. The van der Waals surface area contributed by atoms with Crippen molar-refractivity contribution < 1.29 is 19.4 Å². The summed E-state index contributed by atoms with van der Waals surface area (Å²) in [5, 5.41) is 9.23. The van der Waals surface area contributed by atoms with E-state index in [2.05, 4.69) is 6.58 Å². The van der Waals surface area contributed by atoms with Gasteiger partial charge in [-0.15, -0.1) is 6.58 Å². The van der Waals surface area contributed by atoms with Crippen molar-refractivity contribution in [3.63, 3.8) is 0 Å². The average Bonchev–Trinajstić information content (AvgIpc) is 2.57. The molecule has 1 atom stereocenters. The Bertz CT molecular complexity index is 501. The molecule has 0 aliphatic carbocycles. The first-order valence-corrected chi connectivity index (χ1v) is 7.82. The van der Waals surface area contributed by atoms with Crippen LogP contribution in [0.2, 0.25) is 0 Å². The summed E-state index contributed by atoms with van der Waals surface area (Å²) in [7, 11) is 0. The Morgan fingerprint density at radius 1 is 1.35 bits per heavy atom. The summed E-state index contributed by atoms with van der Waals surface area (Å²) >= 11 is 0. The molecule has 0 spiro atoms. The number of nitrogens with zero attached hydrogens (tertiary/aromatic N) is 1. The summed E-state index contributed by atoms with van der Waals surface area (Å²) in [4.78, 5) is 25.7. The van der Waals surface area contributed by atoms with Crippen LogP contribution in [0.1, 0.15) is 31.7 Å². The van der Waals surface area contributed by atoms with Crippen LogP contribution in [0.25, 0.3) is 0 Å².